The maximum atomic E-state index is 13.6. The molecule has 0 radical (unpaired) electrons. The van der Waals surface area contributed by atoms with Crippen LogP contribution in [0, 0.1) is 11.6 Å². The molecule has 0 amide bonds. The topological polar surface area (TPSA) is 172 Å². The van der Waals surface area contributed by atoms with Crippen LogP contribution in [-0.4, -0.2) is 44.4 Å². The largest absolute Gasteiger partial charge is 0.383 e. The summed E-state index contributed by atoms with van der Waals surface area (Å²) in [6, 6.07) is 0. The summed E-state index contributed by atoms with van der Waals surface area (Å²) >= 11 is 0. The van der Waals surface area contributed by atoms with E-state index in [4.69, 9.17) is 11.5 Å². The standard InChI is InChI=1S/C23H22F2N12/c1-10(19-28-4-12(24)5-29-19)15-16(11(2)20-30-6-13(25)7-31-20)18(26)34-22-17(15)21(35-23(27)36-22)33-14-8-37(3)9-32-14/h4-11H,1-3H3,(H5,26,27,33,34,35,36)/t10-,11-/m1/s1. The Labute approximate surface area is 209 Å². The predicted octanol–water partition coefficient (Wildman–Crippen LogP) is 2.83. The van der Waals surface area contributed by atoms with Crippen LogP contribution >= 0.6 is 0 Å². The Hall–Kier alpha value is -4.88. The summed E-state index contributed by atoms with van der Waals surface area (Å²) in [6.45, 7) is 3.66. The van der Waals surface area contributed by atoms with Gasteiger partial charge >= 0.3 is 0 Å². The second kappa shape index (κ2) is 9.29. The molecule has 0 saturated heterocycles. The number of hydrogen-bond donors (Lipinski definition) is 3. The third-order valence-electron chi connectivity index (χ3n) is 5.84. The minimum absolute atomic E-state index is 0.0304. The fraction of sp³-hybridized carbons (Fsp3) is 0.217. The highest BCUT2D eigenvalue weighted by atomic mass is 19.1. The molecule has 12 nitrogen and oxygen atoms in total. The molecule has 14 heteroatoms. The van der Waals surface area contributed by atoms with Crippen LogP contribution < -0.4 is 16.8 Å². The number of rotatable bonds is 6. The minimum Gasteiger partial charge on any atom is -0.383 e. The summed E-state index contributed by atoms with van der Waals surface area (Å²) in [6.07, 6.45) is 7.71. The summed E-state index contributed by atoms with van der Waals surface area (Å²) in [5.41, 5.74) is 13.8. The van der Waals surface area contributed by atoms with Crippen LogP contribution in [-0.2, 0) is 7.05 Å². The Morgan fingerprint density at radius 3 is 1.92 bits per heavy atom. The summed E-state index contributed by atoms with van der Waals surface area (Å²) < 4.78 is 28.9. The maximum Gasteiger partial charge on any atom is 0.224 e. The number of nitrogens with two attached hydrogens (primary N) is 2. The number of anilines is 4. The zero-order valence-electron chi connectivity index (χ0n) is 20.1. The van der Waals surface area contributed by atoms with Crippen molar-refractivity contribution >= 4 is 34.4 Å². The lowest BCUT2D eigenvalue weighted by Crippen LogP contribution is -2.16. The summed E-state index contributed by atoms with van der Waals surface area (Å²) in [7, 11) is 1.83. The van der Waals surface area contributed by atoms with Crippen LogP contribution in [0.15, 0.2) is 37.3 Å². The zero-order chi connectivity index (χ0) is 26.3. The molecule has 0 aromatic carbocycles. The number of hydrogen-bond acceptors (Lipinski definition) is 11. The normalized spacial score (nSPS) is 13.0. The molecule has 2 atom stereocenters. The van der Waals surface area contributed by atoms with Gasteiger partial charge in [0.15, 0.2) is 17.3 Å². The number of nitrogen functional groups attached to an aromatic ring is 2. The van der Waals surface area contributed by atoms with Crippen molar-refractivity contribution in [2.75, 3.05) is 16.8 Å². The number of pyridine rings is 1. The second-order valence-electron chi connectivity index (χ2n) is 8.47. The molecule has 0 aliphatic heterocycles. The number of imidazole rings is 1. The molecular weight excluding hydrogens is 482 g/mol. The minimum atomic E-state index is -0.572. The van der Waals surface area contributed by atoms with E-state index >= 15 is 0 Å². The monoisotopic (exact) mass is 504 g/mol. The third kappa shape index (κ3) is 4.55. The lowest BCUT2D eigenvalue weighted by atomic mass is 9.86. The van der Waals surface area contributed by atoms with Gasteiger partial charge in [0.1, 0.15) is 29.1 Å². The molecule has 0 aliphatic rings. The van der Waals surface area contributed by atoms with Crippen LogP contribution in [0.5, 0.6) is 0 Å². The highest BCUT2D eigenvalue weighted by molar-refractivity contribution is 5.95. The van der Waals surface area contributed by atoms with Crippen molar-refractivity contribution in [3.8, 4) is 0 Å². The average Bonchev–Trinajstić information content (AvgIpc) is 3.27. The van der Waals surface area contributed by atoms with E-state index in [0.29, 0.717) is 39.8 Å². The fourth-order valence-corrected chi connectivity index (χ4v) is 4.19. The molecule has 0 spiro atoms. The van der Waals surface area contributed by atoms with Crippen molar-refractivity contribution in [3.05, 3.63) is 71.7 Å². The molecule has 0 unspecified atom stereocenters. The van der Waals surface area contributed by atoms with Crippen LogP contribution in [0.3, 0.4) is 0 Å². The first-order valence-electron chi connectivity index (χ1n) is 11.2. The van der Waals surface area contributed by atoms with E-state index in [1.807, 2.05) is 20.9 Å². The number of aryl methyl sites for hydroxylation is 1. The highest BCUT2D eigenvalue weighted by Gasteiger charge is 2.29. The number of nitrogens with zero attached hydrogens (tertiary/aromatic N) is 9. The molecule has 5 heterocycles. The Morgan fingerprint density at radius 2 is 1.38 bits per heavy atom. The van der Waals surface area contributed by atoms with Crippen LogP contribution in [0.25, 0.3) is 11.0 Å². The molecular formula is C23H22F2N12. The van der Waals surface area contributed by atoms with Crippen molar-refractivity contribution < 1.29 is 8.78 Å². The molecule has 5 N–H and O–H groups in total. The van der Waals surface area contributed by atoms with E-state index in [0.717, 1.165) is 24.8 Å². The van der Waals surface area contributed by atoms with Crippen molar-refractivity contribution in [1.29, 1.82) is 0 Å². The van der Waals surface area contributed by atoms with Gasteiger partial charge in [-0.3, -0.25) is 0 Å². The van der Waals surface area contributed by atoms with Crippen LogP contribution in [0.2, 0.25) is 0 Å². The van der Waals surface area contributed by atoms with E-state index in [-0.39, 0.29) is 17.4 Å². The maximum absolute atomic E-state index is 13.6. The van der Waals surface area contributed by atoms with Crippen molar-refractivity contribution in [2.45, 2.75) is 25.7 Å². The van der Waals surface area contributed by atoms with Gasteiger partial charge in [-0.2, -0.15) is 9.97 Å². The van der Waals surface area contributed by atoms with Gasteiger partial charge in [-0.1, -0.05) is 13.8 Å². The van der Waals surface area contributed by atoms with Gasteiger partial charge in [0, 0.05) is 30.6 Å². The van der Waals surface area contributed by atoms with Crippen LogP contribution in [0.4, 0.5) is 32.2 Å². The first-order valence-corrected chi connectivity index (χ1v) is 11.2. The van der Waals surface area contributed by atoms with E-state index in [1.165, 1.54) is 0 Å². The van der Waals surface area contributed by atoms with Gasteiger partial charge in [-0.15, -0.1) is 0 Å². The predicted molar refractivity (Wildman–Crippen MR) is 132 cm³/mol. The summed E-state index contributed by atoms with van der Waals surface area (Å²) in [5, 5.41) is 3.66. The van der Waals surface area contributed by atoms with E-state index < -0.39 is 23.5 Å². The fourth-order valence-electron chi connectivity index (χ4n) is 4.19. The Bertz CT molecular complexity index is 1580. The molecule has 5 aromatic rings. The molecule has 5 aromatic heterocycles. The van der Waals surface area contributed by atoms with Crippen molar-refractivity contribution in [1.82, 2.24) is 44.4 Å². The third-order valence-corrected chi connectivity index (χ3v) is 5.84. The molecule has 188 valence electrons. The van der Waals surface area contributed by atoms with Crippen molar-refractivity contribution in [3.63, 3.8) is 0 Å². The summed E-state index contributed by atoms with van der Waals surface area (Å²) in [5.74, 6) is -0.635. The van der Waals surface area contributed by atoms with Crippen LogP contribution in [0.1, 0.15) is 48.5 Å². The van der Waals surface area contributed by atoms with Gasteiger partial charge in [0.05, 0.1) is 36.5 Å². The molecule has 0 fully saturated rings. The van der Waals surface area contributed by atoms with Gasteiger partial charge < -0.3 is 21.4 Å². The smallest absolute Gasteiger partial charge is 0.224 e. The van der Waals surface area contributed by atoms with Gasteiger partial charge in [-0.25, -0.2) is 38.7 Å². The SMILES string of the molecule is C[C@@H](c1ncc(F)cn1)c1c(N)nc2nc(N)nc(Nc3cn(C)cn3)c2c1[C@@H](C)c1ncc(F)cn1. The quantitative estimate of drug-likeness (QED) is 0.310. The van der Waals surface area contributed by atoms with E-state index in [2.05, 4.69) is 45.2 Å². The Morgan fingerprint density at radius 1 is 0.811 bits per heavy atom. The lowest BCUT2D eigenvalue weighted by molar-refractivity contribution is 0.603. The van der Waals surface area contributed by atoms with Gasteiger partial charge in [0.2, 0.25) is 5.95 Å². The molecule has 0 saturated carbocycles. The first-order chi connectivity index (χ1) is 17.7. The van der Waals surface area contributed by atoms with Gasteiger partial charge in [0.25, 0.3) is 0 Å². The summed E-state index contributed by atoms with van der Waals surface area (Å²) in [4.78, 5) is 34.2. The zero-order valence-corrected chi connectivity index (χ0v) is 20.1. The molecule has 37 heavy (non-hydrogen) atoms. The highest BCUT2D eigenvalue weighted by Crippen LogP contribution is 2.41. The number of aromatic nitrogens is 9. The van der Waals surface area contributed by atoms with Crippen molar-refractivity contribution in [2.24, 2.45) is 7.05 Å². The number of nitrogens with one attached hydrogen (secondary N) is 1. The number of halogens is 2. The Balaban J connectivity index is 1.81. The van der Waals surface area contributed by atoms with Gasteiger partial charge in [-0.05, 0) is 5.56 Å². The first kappa shape index (κ1) is 23.8. The van der Waals surface area contributed by atoms with E-state index in [1.54, 1.807) is 17.1 Å². The number of fused-ring (bicyclic) bond motifs is 1. The molecule has 0 bridgehead atoms. The molecule has 0 aliphatic carbocycles. The molecule has 5 rings (SSSR count). The second-order valence-corrected chi connectivity index (χ2v) is 8.47. The lowest BCUT2D eigenvalue weighted by Gasteiger charge is -2.24. The average molecular weight is 505 g/mol. The Kier molecular flexibility index (Phi) is 5.99. The van der Waals surface area contributed by atoms with E-state index in [9.17, 15) is 8.78 Å².